The number of nitrogens with zero attached hydrogens (tertiary/aromatic N) is 7. The fourth-order valence-corrected chi connectivity index (χ4v) is 3.44. The van der Waals surface area contributed by atoms with Crippen molar-refractivity contribution in [2.24, 2.45) is 0 Å². The summed E-state index contributed by atoms with van der Waals surface area (Å²) in [4.78, 5) is 9.35. The molecule has 0 saturated heterocycles. The topological polar surface area (TPSA) is 95.6 Å². The number of hydrogen-bond donors (Lipinski definition) is 1. The number of aromatic nitrogens is 7. The first kappa shape index (κ1) is 19.7. The van der Waals surface area contributed by atoms with E-state index in [4.69, 9.17) is 9.72 Å². The minimum atomic E-state index is 0.565. The minimum absolute atomic E-state index is 0.565. The van der Waals surface area contributed by atoms with E-state index in [1.807, 2.05) is 79.9 Å². The Morgan fingerprint density at radius 3 is 2.66 bits per heavy atom. The first-order valence-electron chi connectivity index (χ1n) is 10.3. The van der Waals surface area contributed by atoms with Crippen LogP contribution in [0.5, 0.6) is 5.88 Å². The molecule has 0 radical (unpaired) electrons. The highest BCUT2D eigenvalue weighted by atomic mass is 16.5. The molecule has 4 heterocycles. The van der Waals surface area contributed by atoms with Crippen molar-refractivity contribution in [1.82, 2.24) is 34.5 Å². The summed E-state index contributed by atoms with van der Waals surface area (Å²) in [5.41, 5.74) is 4.49. The Hall–Kier alpha value is -4.27. The Bertz CT molecular complexity index is 1390. The third kappa shape index (κ3) is 3.76. The van der Waals surface area contributed by atoms with Crippen LogP contribution in [0.3, 0.4) is 0 Å². The molecule has 9 nitrogen and oxygen atoms in total. The van der Waals surface area contributed by atoms with Crippen LogP contribution in [-0.4, -0.2) is 41.1 Å². The highest BCUT2D eigenvalue weighted by molar-refractivity contribution is 5.82. The maximum absolute atomic E-state index is 5.53. The van der Waals surface area contributed by atoms with Gasteiger partial charge in [-0.1, -0.05) is 6.07 Å². The van der Waals surface area contributed by atoms with Gasteiger partial charge >= 0.3 is 0 Å². The van der Waals surface area contributed by atoms with Gasteiger partial charge in [-0.15, -0.1) is 10.2 Å². The van der Waals surface area contributed by atoms with Crippen molar-refractivity contribution in [2.45, 2.75) is 20.8 Å². The molecule has 5 aromatic rings. The molecular weight excluding hydrogens is 404 g/mol. The van der Waals surface area contributed by atoms with E-state index in [1.54, 1.807) is 11.0 Å². The van der Waals surface area contributed by atoms with Crippen LogP contribution >= 0.6 is 0 Å². The van der Waals surface area contributed by atoms with Gasteiger partial charge in [-0.25, -0.2) is 14.6 Å². The molecule has 4 aromatic heterocycles. The smallest absolute Gasteiger partial charge is 0.233 e. The molecule has 160 valence electrons. The molecular formula is C23H22N8O. The summed E-state index contributed by atoms with van der Waals surface area (Å²) in [6.45, 7) is 6.38. The van der Waals surface area contributed by atoms with Crippen LogP contribution in [0.2, 0.25) is 0 Å². The number of benzene rings is 1. The number of ether oxygens (including phenoxy) is 1. The summed E-state index contributed by atoms with van der Waals surface area (Å²) in [6, 6.07) is 17.5. The van der Waals surface area contributed by atoms with Crippen LogP contribution in [0, 0.1) is 13.8 Å². The normalized spacial score (nSPS) is 11.1. The van der Waals surface area contributed by atoms with Gasteiger partial charge in [0.05, 0.1) is 23.3 Å². The predicted molar refractivity (Wildman–Crippen MR) is 122 cm³/mol. The van der Waals surface area contributed by atoms with Crippen LogP contribution in [0.25, 0.3) is 22.7 Å². The third-order valence-electron chi connectivity index (χ3n) is 4.96. The van der Waals surface area contributed by atoms with Crippen molar-refractivity contribution in [3.05, 3.63) is 72.3 Å². The summed E-state index contributed by atoms with van der Waals surface area (Å²) < 4.78 is 9.25. The van der Waals surface area contributed by atoms with Crippen molar-refractivity contribution in [3.8, 4) is 17.5 Å². The maximum atomic E-state index is 5.53. The molecule has 5 rings (SSSR count). The van der Waals surface area contributed by atoms with Crippen LogP contribution in [0.1, 0.15) is 18.3 Å². The van der Waals surface area contributed by atoms with Crippen molar-refractivity contribution in [2.75, 3.05) is 11.9 Å². The predicted octanol–water partition coefficient (Wildman–Crippen LogP) is 4.16. The Kier molecular flexibility index (Phi) is 4.98. The molecule has 0 aliphatic heterocycles. The zero-order valence-corrected chi connectivity index (χ0v) is 18.0. The van der Waals surface area contributed by atoms with Crippen LogP contribution in [0.4, 0.5) is 11.5 Å². The SMILES string of the molecule is CCOc1cc(C)n(-c2cccc(-n3cnc4ccc(Nc5ccc(C)nn5)cc43)n2)n1. The van der Waals surface area contributed by atoms with Gasteiger partial charge in [0.2, 0.25) is 5.88 Å². The van der Waals surface area contributed by atoms with Crippen molar-refractivity contribution < 1.29 is 4.74 Å². The van der Waals surface area contributed by atoms with E-state index in [2.05, 4.69) is 25.6 Å². The van der Waals surface area contributed by atoms with Crippen molar-refractivity contribution >= 4 is 22.5 Å². The second-order valence-electron chi connectivity index (χ2n) is 7.33. The number of fused-ring (bicyclic) bond motifs is 1. The standard InChI is InChI=1S/C23H22N8O/c1-4-32-23-12-16(3)31(29-23)22-7-5-6-21(26-22)30-14-24-18-10-9-17(13-19(18)30)25-20-11-8-15(2)27-28-20/h5-14H,4H2,1-3H3,(H,25,28). The first-order chi connectivity index (χ1) is 15.6. The third-order valence-corrected chi connectivity index (χ3v) is 4.96. The van der Waals surface area contributed by atoms with Gasteiger partial charge in [0.1, 0.15) is 12.1 Å². The van der Waals surface area contributed by atoms with Crippen LogP contribution < -0.4 is 10.1 Å². The largest absolute Gasteiger partial charge is 0.477 e. The Morgan fingerprint density at radius 1 is 0.969 bits per heavy atom. The Morgan fingerprint density at radius 2 is 1.84 bits per heavy atom. The Labute approximate surface area is 184 Å². The van der Waals surface area contributed by atoms with Gasteiger partial charge in [0.15, 0.2) is 11.6 Å². The second-order valence-corrected chi connectivity index (χ2v) is 7.33. The average Bonchev–Trinajstić information content (AvgIpc) is 3.39. The first-order valence-corrected chi connectivity index (χ1v) is 10.3. The molecule has 0 amide bonds. The zero-order valence-electron chi connectivity index (χ0n) is 18.0. The molecule has 9 heteroatoms. The summed E-state index contributed by atoms with van der Waals surface area (Å²) in [5, 5.41) is 16.1. The molecule has 0 fully saturated rings. The molecule has 0 aliphatic carbocycles. The molecule has 0 aliphatic rings. The number of aryl methyl sites for hydroxylation is 2. The van der Waals surface area contributed by atoms with Gasteiger partial charge in [-0.3, -0.25) is 4.57 Å². The second kappa shape index (κ2) is 8.10. The van der Waals surface area contributed by atoms with E-state index in [0.29, 0.717) is 24.1 Å². The highest BCUT2D eigenvalue weighted by Gasteiger charge is 2.11. The lowest BCUT2D eigenvalue weighted by Gasteiger charge is -2.09. The minimum Gasteiger partial charge on any atom is -0.477 e. The number of nitrogens with one attached hydrogen (secondary N) is 1. The summed E-state index contributed by atoms with van der Waals surface area (Å²) in [7, 11) is 0. The lowest BCUT2D eigenvalue weighted by molar-refractivity contribution is 0.324. The van der Waals surface area contributed by atoms with E-state index < -0.39 is 0 Å². The molecule has 32 heavy (non-hydrogen) atoms. The van der Waals surface area contributed by atoms with Crippen molar-refractivity contribution in [1.29, 1.82) is 0 Å². The number of anilines is 2. The van der Waals surface area contributed by atoms with Crippen molar-refractivity contribution in [3.63, 3.8) is 0 Å². The van der Waals surface area contributed by atoms with Gasteiger partial charge in [0.25, 0.3) is 0 Å². The Balaban J connectivity index is 1.51. The fourth-order valence-electron chi connectivity index (χ4n) is 3.44. The number of rotatable bonds is 6. The van der Waals surface area contributed by atoms with E-state index in [9.17, 15) is 0 Å². The number of imidazole rings is 1. The number of pyridine rings is 1. The molecule has 0 unspecified atom stereocenters. The lowest BCUT2D eigenvalue weighted by Crippen LogP contribution is -2.05. The average molecular weight is 426 g/mol. The fraction of sp³-hybridized carbons (Fsp3) is 0.174. The van der Waals surface area contributed by atoms with Crippen LogP contribution in [-0.2, 0) is 0 Å². The highest BCUT2D eigenvalue weighted by Crippen LogP contribution is 2.24. The molecule has 0 bridgehead atoms. The van der Waals surface area contributed by atoms with Gasteiger partial charge < -0.3 is 10.1 Å². The van der Waals surface area contributed by atoms with E-state index in [0.717, 1.165) is 33.9 Å². The van der Waals surface area contributed by atoms with Gasteiger partial charge in [-0.05, 0) is 63.2 Å². The molecule has 0 saturated carbocycles. The molecule has 1 aromatic carbocycles. The molecule has 0 spiro atoms. The summed E-state index contributed by atoms with van der Waals surface area (Å²) in [6.07, 6.45) is 1.77. The quantitative estimate of drug-likeness (QED) is 0.436. The van der Waals surface area contributed by atoms with E-state index in [-0.39, 0.29) is 0 Å². The summed E-state index contributed by atoms with van der Waals surface area (Å²) >= 11 is 0. The molecule has 1 N–H and O–H groups in total. The zero-order chi connectivity index (χ0) is 22.1. The van der Waals surface area contributed by atoms with Gasteiger partial charge in [-0.2, -0.15) is 5.10 Å². The van der Waals surface area contributed by atoms with Gasteiger partial charge in [0, 0.05) is 17.4 Å². The van der Waals surface area contributed by atoms with Crippen LogP contribution in [0.15, 0.2) is 60.9 Å². The summed E-state index contributed by atoms with van der Waals surface area (Å²) in [5.74, 6) is 2.71. The van der Waals surface area contributed by atoms with E-state index in [1.165, 1.54) is 0 Å². The monoisotopic (exact) mass is 426 g/mol. The molecule has 0 atom stereocenters. The maximum Gasteiger partial charge on any atom is 0.233 e. The van der Waals surface area contributed by atoms with E-state index >= 15 is 0 Å². The lowest BCUT2D eigenvalue weighted by atomic mass is 10.2. The number of hydrogen-bond acceptors (Lipinski definition) is 7.